The van der Waals surface area contributed by atoms with Crippen LogP contribution in [0.25, 0.3) is 119 Å². The Balaban J connectivity index is 1.04. The molecule has 266 valence electrons. The number of hydrogen-bond acceptors (Lipinski definition) is 6. The first-order chi connectivity index (χ1) is 28.2. The molecular formula is C51H29N3OS2. The first-order valence-corrected chi connectivity index (χ1v) is 20.6. The second kappa shape index (κ2) is 12.8. The molecule has 0 spiro atoms. The van der Waals surface area contributed by atoms with E-state index in [0.29, 0.717) is 17.5 Å². The fraction of sp³-hybridized carbons (Fsp3) is 0. The van der Waals surface area contributed by atoms with Gasteiger partial charge in [0, 0.05) is 67.8 Å². The van der Waals surface area contributed by atoms with Gasteiger partial charge in [-0.15, -0.1) is 22.7 Å². The van der Waals surface area contributed by atoms with E-state index in [2.05, 4.69) is 158 Å². The molecule has 0 atom stereocenters. The fourth-order valence-electron chi connectivity index (χ4n) is 8.26. The molecule has 0 fully saturated rings. The Morgan fingerprint density at radius 1 is 0.316 bits per heavy atom. The maximum absolute atomic E-state index is 6.66. The zero-order chi connectivity index (χ0) is 37.5. The van der Waals surface area contributed by atoms with E-state index >= 15 is 0 Å². The first-order valence-electron chi connectivity index (χ1n) is 18.9. The van der Waals surface area contributed by atoms with Crippen molar-refractivity contribution in [1.29, 1.82) is 0 Å². The maximum atomic E-state index is 6.66. The molecule has 12 aromatic rings. The summed E-state index contributed by atoms with van der Waals surface area (Å²) in [5.41, 5.74) is 9.02. The maximum Gasteiger partial charge on any atom is 0.164 e. The lowest BCUT2D eigenvalue weighted by Crippen LogP contribution is -2.00. The van der Waals surface area contributed by atoms with E-state index in [1.54, 1.807) is 11.3 Å². The second-order valence-corrected chi connectivity index (χ2v) is 16.5. The van der Waals surface area contributed by atoms with Crippen LogP contribution >= 0.6 is 22.7 Å². The van der Waals surface area contributed by atoms with Gasteiger partial charge in [-0.2, -0.15) is 0 Å². The lowest BCUT2D eigenvalue weighted by Gasteiger charge is -2.10. The molecule has 12 rings (SSSR count). The number of fused-ring (bicyclic) bond motifs is 9. The Morgan fingerprint density at radius 3 is 1.77 bits per heavy atom. The number of furan rings is 1. The molecule has 0 aliphatic carbocycles. The largest absolute Gasteiger partial charge is 0.456 e. The number of thiophene rings is 2. The van der Waals surface area contributed by atoms with E-state index in [0.717, 1.165) is 49.8 Å². The molecule has 4 heterocycles. The van der Waals surface area contributed by atoms with E-state index in [-0.39, 0.29) is 0 Å². The molecule has 57 heavy (non-hydrogen) atoms. The van der Waals surface area contributed by atoms with Crippen LogP contribution in [-0.2, 0) is 0 Å². The van der Waals surface area contributed by atoms with Gasteiger partial charge in [0.2, 0.25) is 0 Å². The van der Waals surface area contributed by atoms with Crippen molar-refractivity contribution >= 4 is 85.0 Å². The van der Waals surface area contributed by atoms with Gasteiger partial charge in [-0.1, -0.05) is 121 Å². The quantitative estimate of drug-likeness (QED) is 0.175. The summed E-state index contributed by atoms with van der Waals surface area (Å²) in [7, 11) is 0. The smallest absolute Gasteiger partial charge is 0.164 e. The summed E-state index contributed by atoms with van der Waals surface area (Å²) in [4.78, 5) is 15.6. The number of benzene rings is 8. The summed E-state index contributed by atoms with van der Waals surface area (Å²) >= 11 is 3.64. The number of hydrogen-bond donors (Lipinski definition) is 0. The first kappa shape index (κ1) is 32.3. The third-order valence-corrected chi connectivity index (χ3v) is 13.3. The Morgan fingerprint density at radius 2 is 0.912 bits per heavy atom. The standard InChI is InChI=1S/C51H29N3OS2/c1-2-10-30(11-3-1)31-20-22-32(23-21-31)49-52-50(34-25-27-45-40(28-34)36-12-4-6-17-43(36)56-45)54-51(53-49)39-15-8-16-41-47(39)37-26-24-33(29-42(37)55-41)35-14-9-19-46-48(35)38-13-5-7-18-44(38)57-46/h1-29H. The molecule has 0 radical (unpaired) electrons. The van der Waals surface area contributed by atoms with Crippen molar-refractivity contribution in [2.24, 2.45) is 0 Å². The third-order valence-electron chi connectivity index (χ3n) is 11.0. The highest BCUT2D eigenvalue weighted by atomic mass is 32.1. The summed E-state index contributed by atoms with van der Waals surface area (Å²) in [6.07, 6.45) is 0. The van der Waals surface area contributed by atoms with Crippen molar-refractivity contribution in [2.45, 2.75) is 0 Å². The number of aromatic nitrogens is 3. The van der Waals surface area contributed by atoms with Crippen LogP contribution in [0.15, 0.2) is 180 Å². The highest BCUT2D eigenvalue weighted by Crippen LogP contribution is 2.43. The molecule has 4 aromatic heterocycles. The fourth-order valence-corrected chi connectivity index (χ4v) is 10.5. The van der Waals surface area contributed by atoms with Crippen LogP contribution in [0.4, 0.5) is 0 Å². The summed E-state index contributed by atoms with van der Waals surface area (Å²) < 4.78 is 11.7. The number of nitrogens with zero attached hydrogens (tertiary/aromatic N) is 3. The van der Waals surface area contributed by atoms with Gasteiger partial charge in [0.05, 0.1) is 0 Å². The summed E-state index contributed by atoms with van der Waals surface area (Å²) in [5.74, 6) is 1.85. The van der Waals surface area contributed by atoms with Crippen LogP contribution in [0.3, 0.4) is 0 Å². The molecule has 0 amide bonds. The zero-order valence-corrected chi connectivity index (χ0v) is 31.9. The lowest BCUT2D eigenvalue weighted by atomic mass is 9.98. The zero-order valence-electron chi connectivity index (χ0n) is 30.3. The van der Waals surface area contributed by atoms with E-state index < -0.39 is 0 Å². The van der Waals surface area contributed by atoms with Gasteiger partial charge in [-0.3, -0.25) is 0 Å². The van der Waals surface area contributed by atoms with Crippen molar-refractivity contribution in [2.75, 3.05) is 0 Å². The third kappa shape index (κ3) is 5.30. The van der Waals surface area contributed by atoms with Gasteiger partial charge in [0.25, 0.3) is 0 Å². The van der Waals surface area contributed by atoms with Crippen LogP contribution < -0.4 is 0 Å². The van der Waals surface area contributed by atoms with E-state index in [9.17, 15) is 0 Å². The minimum absolute atomic E-state index is 0.601. The molecule has 0 bridgehead atoms. The van der Waals surface area contributed by atoms with E-state index in [1.165, 1.54) is 51.5 Å². The Labute approximate surface area is 335 Å². The van der Waals surface area contributed by atoms with Crippen molar-refractivity contribution in [3.8, 4) is 56.4 Å². The Kier molecular flexibility index (Phi) is 7.24. The summed E-state index contributed by atoms with van der Waals surface area (Å²) in [6, 6.07) is 62.0. The summed E-state index contributed by atoms with van der Waals surface area (Å²) in [6.45, 7) is 0. The van der Waals surface area contributed by atoms with Gasteiger partial charge < -0.3 is 4.42 Å². The SMILES string of the molecule is c1ccc(-c2ccc(-c3nc(-c4ccc5sc6ccccc6c5c4)nc(-c4cccc5oc6cc(-c7cccc8sc9ccccc9c78)ccc6c45)n3)cc2)cc1. The predicted molar refractivity (Wildman–Crippen MR) is 240 cm³/mol. The van der Waals surface area contributed by atoms with Gasteiger partial charge in [-0.25, -0.2) is 15.0 Å². The van der Waals surface area contributed by atoms with Crippen LogP contribution in [0.2, 0.25) is 0 Å². The van der Waals surface area contributed by atoms with Crippen molar-refractivity contribution in [3.05, 3.63) is 176 Å². The van der Waals surface area contributed by atoms with Crippen LogP contribution in [0.5, 0.6) is 0 Å². The molecular weight excluding hydrogens is 735 g/mol. The molecule has 4 nitrogen and oxygen atoms in total. The molecule has 0 saturated carbocycles. The molecule has 0 unspecified atom stereocenters. The molecule has 0 aliphatic heterocycles. The van der Waals surface area contributed by atoms with Crippen LogP contribution in [0.1, 0.15) is 0 Å². The lowest BCUT2D eigenvalue weighted by molar-refractivity contribution is 0.669. The van der Waals surface area contributed by atoms with E-state index in [1.807, 2.05) is 29.5 Å². The highest BCUT2D eigenvalue weighted by molar-refractivity contribution is 7.26. The minimum Gasteiger partial charge on any atom is -0.456 e. The highest BCUT2D eigenvalue weighted by Gasteiger charge is 2.20. The normalized spacial score (nSPS) is 11.9. The second-order valence-electron chi connectivity index (χ2n) is 14.3. The average Bonchev–Trinajstić information content (AvgIpc) is 3.97. The van der Waals surface area contributed by atoms with Crippen molar-refractivity contribution < 1.29 is 4.42 Å². The van der Waals surface area contributed by atoms with E-state index in [4.69, 9.17) is 19.4 Å². The van der Waals surface area contributed by atoms with Gasteiger partial charge in [-0.05, 0) is 76.9 Å². The van der Waals surface area contributed by atoms with Gasteiger partial charge in [0.1, 0.15) is 11.2 Å². The topological polar surface area (TPSA) is 51.8 Å². The summed E-state index contributed by atoms with van der Waals surface area (Å²) in [5, 5.41) is 7.01. The van der Waals surface area contributed by atoms with Crippen molar-refractivity contribution in [1.82, 2.24) is 15.0 Å². The average molecular weight is 764 g/mol. The molecule has 0 N–H and O–H groups in total. The molecule has 0 saturated heterocycles. The predicted octanol–water partition coefficient (Wildman–Crippen LogP) is 14.8. The van der Waals surface area contributed by atoms with Crippen LogP contribution in [-0.4, -0.2) is 15.0 Å². The van der Waals surface area contributed by atoms with Gasteiger partial charge in [0.15, 0.2) is 17.5 Å². The Bertz CT molecular complexity index is 3530. The van der Waals surface area contributed by atoms with Gasteiger partial charge >= 0.3 is 0 Å². The number of rotatable bonds is 5. The monoisotopic (exact) mass is 763 g/mol. The Hall–Kier alpha value is -6.99. The molecule has 6 heteroatoms. The minimum atomic E-state index is 0.601. The van der Waals surface area contributed by atoms with Crippen LogP contribution in [0, 0.1) is 0 Å². The molecule has 8 aromatic carbocycles. The molecule has 0 aliphatic rings. The van der Waals surface area contributed by atoms with Crippen molar-refractivity contribution in [3.63, 3.8) is 0 Å².